The lowest BCUT2D eigenvalue weighted by Crippen LogP contribution is -2.41. The van der Waals surface area contributed by atoms with E-state index < -0.39 is 0 Å². The fraction of sp³-hybridized carbons (Fsp3) is 0.438. The third kappa shape index (κ3) is 2.38. The molecule has 5 heteroatoms. The minimum atomic E-state index is 0.299. The predicted octanol–water partition coefficient (Wildman–Crippen LogP) is 2.52. The number of hydrogen-bond donors (Lipinski definition) is 2. The van der Waals surface area contributed by atoms with E-state index in [2.05, 4.69) is 22.5 Å². The highest BCUT2D eigenvalue weighted by Crippen LogP contribution is 2.38. The topological polar surface area (TPSA) is 55.4 Å². The number of rotatable bonds is 2. The van der Waals surface area contributed by atoms with Gasteiger partial charge in [-0.15, -0.1) is 0 Å². The van der Waals surface area contributed by atoms with Gasteiger partial charge >= 0.3 is 0 Å². The van der Waals surface area contributed by atoms with Gasteiger partial charge in [-0.2, -0.15) is 0 Å². The minimum absolute atomic E-state index is 0.299. The molecule has 0 bridgehead atoms. The van der Waals surface area contributed by atoms with Gasteiger partial charge in [0.25, 0.3) is 0 Å². The Morgan fingerprint density at radius 2 is 2.14 bits per heavy atom. The van der Waals surface area contributed by atoms with Crippen LogP contribution in [0.5, 0.6) is 11.5 Å². The molecular weight excluding hydrogens is 266 g/mol. The van der Waals surface area contributed by atoms with Gasteiger partial charge in [-0.3, -0.25) is 0 Å². The lowest BCUT2D eigenvalue weighted by atomic mass is 10.0. The van der Waals surface area contributed by atoms with Crippen molar-refractivity contribution in [1.82, 2.24) is 10.3 Å². The number of aromatic nitrogens is 1. The lowest BCUT2D eigenvalue weighted by molar-refractivity contribution is 0.174. The van der Waals surface area contributed by atoms with Crippen molar-refractivity contribution in [3.8, 4) is 11.5 Å². The van der Waals surface area contributed by atoms with E-state index in [1.807, 2.05) is 24.4 Å². The summed E-state index contributed by atoms with van der Waals surface area (Å²) in [5, 5.41) is 9.28. The second-order valence-electron chi connectivity index (χ2n) is 5.81. The van der Waals surface area contributed by atoms with Crippen molar-refractivity contribution in [1.29, 1.82) is 0 Å². The van der Waals surface area contributed by atoms with Crippen molar-refractivity contribution in [2.45, 2.75) is 31.8 Å². The fourth-order valence-electron chi connectivity index (χ4n) is 3.13. The molecule has 2 aliphatic heterocycles. The third-order valence-electron chi connectivity index (χ3n) is 4.22. The van der Waals surface area contributed by atoms with Gasteiger partial charge in [-0.25, -0.2) is 4.98 Å². The van der Waals surface area contributed by atoms with E-state index in [-0.39, 0.29) is 0 Å². The molecule has 2 atom stereocenters. The van der Waals surface area contributed by atoms with Crippen LogP contribution in [0.15, 0.2) is 24.4 Å². The van der Waals surface area contributed by atoms with E-state index in [1.165, 1.54) is 0 Å². The monoisotopic (exact) mass is 285 g/mol. The highest BCUT2D eigenvalue weighted by molar-refractivity contribution is 5.94. The molecule has 1 saturated heterocycles. The zero-order chi connectivity index (χ0) is 14.2. The Morgan fingerprint density at radius 3 is 3.00 bits per heavy atom. The second-order valence-corrected chi connectivity index (χ2v) is 5.81. The molecular formula is C16H19N3O2. The predicted molar refractivity (Wildman–Crippen MR) is 82.0 cm³/mol. The number of pyridine rings is 1. The Balaban J connectivity index is 1.68. The number of fused-ring (bicyclic) bond motifs is 2. The third-order valence-corrected chi connectivity index (χ3v) is 4.22. The Labute approximate surface area is 123 Å². The molecule has 2 aromatic rings. The van der Waals surface area contributed by atoms with Crippen molar-refractivity contribution in [2.24, 2.45) is 0 Å². The van der Waals surface area contributed by atoms with Gasteiger partial charge in [0.2, 0.25) is 6.79 Å². The summed E-state index contributed by atoms with van der Waals surface area (Å²) in [6, 6.07) is 7.07. The first-order chi connectivity index (χ1) is 10.3. The molecule has 2 N–H and O–H groups in total. The second kappa shape index (κ2) is 5.07. The first kappa shape index (κ1) is 12.7. The summed E-state index contributed by atoms with van der Waals surface area (Å²) in [6.45, 7) is 3.58. The first-order valence-corrected chi connectivity index (χ1v) is 7.48. The molecule has 1 fully saturated rings. The number of nitrogens with one attached hydrogen (secondary N) is 2. The van der Waals surface area contributed by atoms with E-state index in [4.69, 9.17) is 9.47 Å². The number of anilines is 1. The molecule has 2 unspecified atom stereocenters. The Kier molecular flexibility index (Phi) is 3.07. The van der Waals surface area contributed by atoms with Gasteiger partial charge in [0.1, 0.15) is 5.82 Å². The van der Waals surface area contributed by atoms with Gasteiger partial charge < -0.3 is 20.1 Å². The van der Waals surface area contributed by atoms with Gasteiger partial charge in [0, 0.05) is 23.7 Å². The molecule has 2 aliphatic rings. The lowest BCUT2D eigenvalue weighted by Gasteiger charge is -2.29. The molecule has 0 saturated carbocycles. The SMILES string of the molecule is CC1CC(Nc2nccc3cc4c(cc23)OCO4)CCN1. The van der Waals surface area contributed by atoms with E-state index in [0.717, 1.165) is 47.5 Å². The number of piperidine rings is 1. The van der Waals surface area contributed by atoms with E-state index >= 15 is 0 Å². The summed E-state index contributed by atoms with van der Waals surface area (Å²) in [4.78, 5) is 4.52. The minimum Gasteiger partial charge on any atom is -0.454 e. The van der Waals surface area contributed by atoms with E-state index in [9.17, 15) is 0 Å². The normalized spacial score (nSPS) is 24.2. The molecule has 0 aliphatic carbocycles. The van der Waals surface area contributed by atoms with Crippen molar-refractivity contribution in [3.05, 3.63) is 24.4 Å². The summed E-state index contributed by atoms with van der Waals surface area (Å²) in [5.41, 5.74) is 0. The summed E-state index contributed by atoms with van der Waals surface area (Å²) < 4.78 is 10.9. The van der Waals surface area contributed by atoms with Gasteiger partial charge in [-0.1, -0.05) is 0 Å². The zero-order valence-electron chi connectivity index (χ0n) is 12.1. The maximum absolute atomic E-state index is 5.48. The van der Waals surface area contributed by atoms with Crippen molar-refractivity contribution in [3.63, 3.8) is 0 Å². The number of hydrogen-bond acceptors (Lipinski definition) is 5. The molecule has 1 aromatic heterocycles. The summed E-state index contributed by atoms with van der Waals surface area (Å²) in [6.07, 6.45) is 4.08. The summed E-state index contributed by atoms with van der Waals surface area (Å²) >= 11 is 0. The van der Waals surface area contributed by atoms with Crippen LogP contribution >= 0.6 is 0 Å². The Bertz CT molecular complexity index is 674. The quantitative estimate of drug-likeness (QED) is 0.888. The Hall–Kier alpha value is -2.01. The summed E-state index contributed by atoms with van der Waals surface area (Å²) in [7, 11) is 0. The van der Waals surface area contributed by atoms with Crippen LogP contribution in [0.1, 0.15) is 19.8 Å². The molecule has 1 aromatic carbocycles. The summed E-state index contributed by atoms with van der Waals surface area (Å²) in [5.74, 6) is 2.55. The van der Waals surface area contributed by atoms with Crippen LogP contribution in [-0.4, -0.2) is 30.4 Å². The molecule has 4 rings (SSSR count). The largest absolute Gasteiger partial charge is 0.454 e. The van der Waals surface area contributed by atoms with Gasteiger partial charge in [0.05, 0.1) is 0 Å². The molecule has 110 valence electrons. The number of benzene rings is 1. The standard InChI is InChI=1S/C16H19N3O2/c1-10-6-12(3-5-17-10)19-16-13-8-15-14(20-9-21-15)7-11(13)2-4-18-16/h2,4,7-8,10,12,17H,3,5-6,9H2,1H3,(H,18,19). The average Bonchev–Trinajstić information content (AvgIpc) is 2.93. The van der Waals surface area contributed by atoms with Crippen molar-refractivity contribution >= 4 is 16.6 Å². The van der Waals surface area contributed by atoms with E-state index in [1.54, 1.807) is 0 Å². The van der Waals surface area contributed by atoms with Gasteiger partial charge in [-0.05, 0) is 49.9 Å². The number of ether oxygens (including phenoxy) is 2. The highest BCUT2D eigenvalue weighted by Gasteiger charge is 2.20. The zero-order valence-corrected chi connectivity index (χ0v) is 12.1. The number of nitrogens with zero attached hydrogens (tertiary/aromatic N) is 1. The van der Waals surface area contributed by atoms with Crippen molar-refractivity contribution in [2.75, 3.05) is 18.7 Å². The van der Waals surface area contributed by atoms with Crippen LogP contribution in [0.25, 0.3) is 10.8 Å². The molecule has 0 radical (unpaired) electrons. The smallest absolute Gasteiger partial charge is 0.231 e. The van der Waals surface area contributed by atoms with Crippen LogP contribution in [-0.2, 0) is 0 Å². The fourth-order valence-corrected chi connectivity index (χ4v) is 3.13. The molecule has 0 amide bonds. The maximum Gasteiger partial charge on any atom is 0.231 e. The maximum atomic E-state index is 5.48. The van der Waals surface area contributed by atoms with Gasteiger partial charge in [0.15, 0.2) is 11.5 Å². The van der Waals surface area contributed by atoms with Crippen LogP contribution in [0.2, 0.25) is 0 Å². The van der Waals surface area contributed by atoms with E-state index in [0.29, 0.717) is 18.9 Å². The molecule has 0 spiro atoms. The van der Waals surface area contributed by atoms with Crippen LogP contribution in [0.3, 0.4) is 0 Å². The average molecular weight is 285 g/mol. The van der Waals surface area contributed by atoms with Crippen LogP contribution in [0, 0.1) is 0 Å². The first-order valence-electron chi connectivity index (χ1n) is 7.48. The molecule has 3 heterocycles. The molecule has 5 nitrogen and oxygen atoms in total. The highest BCUT2D eigenvalue weighted by atomic mass is 16.7. The Morgan fingerprint density at radius 1 is 1.29 bits per heavy atom. The molecule has 21 heavy (non-hydrogen) atoms. The van der Waals surface area contributed by atoms with Crippen LogP contribution in [0.4, 0.5) is 5.82 Å². The van der Waals surface area contributed by atoms with Crippen LogP contribution < -0.4 is 20.1 Å². The van der Waals surface area contributed by atoms with Crippen molar-refractivity contribution < 1.29 is 9.47 Å².